The molecule has 0 fully saturated rings. The molecule has 11 rings (SSSR count). The molecular weight excluding hydrogens is 637 g/mol. The highest BCUT2D eigenvalue weighted by Gasteiger charge is 2.36. The Bertz CT molecular complexity index is 2780. The zero-order chi connectivity index (χ0) is 34.2. The molecule has 4 nitrogen and oxygen atoms in total. The lowest BCUT2D eigenvalue weighted by Crippen LogP contribution is -2.30. The first-order chi connectivity index (χ1) is 25.8. The average molecular weight is 671 g/mol. The molecule has 2 aliphatic carbocycles. The van der Waals surface area contributed by atoms with Crippen LogP contribution in [0, 0.1) is 0 Å². The Hall–Kier alpha value is -6.52. The Labute approximate surface area is 301 Å². The molecule has 3 aliphatic rings. The van der Waals surface area contributed by atoms with Crippen LogP contribution in [0.5, 0.6) is 5.75 Å². The molecule has 0 bridgehead atoms. The molecular formula is C48H34N2O2. The van der Waals surface area contributed by atoms with E-state index < -0.39 is 0 Å². The molecule has 248 valence electrons. The van der Waals surface area contributed by atoms with Crippen LogP contribution in [0.1, 0.15) is 23.5 Å². The van der Waals surface area contributed by atoms with E-state index >= 15 is 0 Å². The van der Waals surface area contributed by atoms with Crippen molar-refractivity contribution < 1.29 is 9.15 Å². The smallest absolute Gasteiger partial charge is 0.159 e. The standard InChI is InChI=1S/C48H34N2O2/c1-5-17-41-35(11-1)36-12-2-6-18-42(36)49(41)33-27-23-31(24-28-33)32-25-29-34(30-26-32)50(43-19-9-15-39-37-13-3-7-21-45(37)51-47(39)43)44-20-10-16-40-38-14-4-8-22-46(38)52-48(40)44/h1-29,34,37,45H,30H2. The number of para-hydroxylation sites is 5. The summed E-state index contributed by atoms with van der Waals surface area (Å²) in [6.07, 6.45) is 16.5. The van der Waals surface area contributed by atoms with Gasteiger partial charge in [0.1, 0.15) is 17.4 Å². The normalized spacial score (nSPS) is 18.9. The van der Waals surface area contributed by atoms with Crippen molar-refractivity contribution in [1.82, 2.24) is 4.57 Å². The van der Waals surface area contributed by atoms with Crippen molar-refractivity contribution in [3.05, 3.63) is 187 Å². The highest BCUT2D eigenvalue weighted by molar-refractivity contribution is 6.10. The molecule has 1 aliphatic heterocycles. The van der Waals surface area contributed by atoms with Crippen LogP contribution in [0.2, 0.25) is 0 Å². The van der Waals surface area contributed by atoms with Crippen LogP contribution in [-0.4, -0.2) is 16.7 Å². The SMILES string of the molecule is C1=CC2Oc3c(cccc3N(c3cccc4c3oc3ccccc34)C3C=CC(c4ccc(-n5c6ccccc6c6ccccc65)cc4)=CC3)C2C=C1. The zero-order valence-corrected chi connectivity index (χ0v) is 28.4. The number of allylic oxidation sites excluding steroid dienone is 4. The van der Waals surface area contributed by atoms with Crippen molar-refractivity contribution in [3.8, 4) is 11.4 Å². The van der Waals surface area contributed by atoms with E-state index in [1.807, 2.05) is 6.07 Å². The minimum absolute atomic E-state index is 0.00359. The fourth-order valence-electron chi connectivity index (χ4n) is 8.67. The monoisotopic (exact) mass is 670 g/mol. The van der Waals surface area contributed by atoms with Gasteiger partial charge >= 0.3 is 0 Å². The quantitative estimate of drug-likeness (QED) is 0.183. The van der Waals surface area contributed by atoms with Crippen LogP contribution in [0.25, 0.3) is 55.0 Å². The summed E-state index contributed by atoms with van der Waals surface area (Å²) in [5, 5.41) is 4.79. The van der Waals surface area contributed by atoms with Gasteiger partial charge in [-0.05, 0) is 66.1 Å². The number of ether oxygens (including phenoxy) is 1. The highest BCUT2D eigenvalue weighted by atomic mass is 16.5. The lowest BCUT2D eigenvalue weighted by Gasteiger charge is -2.34. The van der Waals surface area contributed by atoms with Crippen LogP contribution in [0.15, 0.2) is 180 Å². The van der Waals surface area contributed by atoms with Crippen molar-refractivity contribution >= 4 is 60.7 Å². The van der Waals surface area contributed by atoms with Gasteiger partial charge in [-0.15, -0.1) is 0 Å². The van der Waals surface area contributed by atoms with Gasteiger partial charge in [-0.3, -0.25) is 0 Å². The van der Waals surface area contributed by atoms with Crippen LogP contribution < -0.4 is 9.64 Å². The zero-order valence-electron chi connectivity index (χ0n) is 28.4. The lowest BCUT2D eigenvalue weighted by atomic mass is 9.91. The number of nitrogens with zero attached hydrogens (tertiary/aromatic N) is 2. The number of furan rings is 1. The van der Waals surface area contributed by atoms with Gasteiger partial charge in [0.25, 0.3) is 0 Å². The van der Waals surface area contributed by atoms with Gasteiger partial charge in [0, 0.05) is 38.7 Å². The summed E-state index contributed by atoms with van der Waals surface area (Å²) in [6.45, 7) is 0. The molecule has 0 amide bonds. The van der Waals surface area contributed by atoms with Crippen LogP contribution in [0.3, 0.4) is 0 Å². The molecule has 0 spiro atoms. The number of rotatable bonds is 5. The van der Waals surface area contributed by atoms with E-state index in [-0.39, 0.29) is 18.1 Å². The van der Waals surface area contributed by atoms with Gasteiger partial charge in [-0.1, -0.05) is 127 Å². The summed E-state index contributed by atoms with van der Waals surface area (Å²) in [6, 6.07) is 47.8. The van der Waals surface area contributed by atoms with E-state index in [1.165, 1.54) is 38.5 Å². The highest BCUT2D eigenvalue weighted by Crippen LogP contribution is 2.50. The maximum atomic E-state index is 6.74. The maximum Gasteiger partial charge on any atom is 0.159 e. The molecule has 8 aromatic rings. The summed E-state index contributed by atoms with van der Waals surface area (Å²) >= 11 is 0. The molecule has 52 heavy (non-hydrogen) atoms. The molecule has 4 heteroatoms. The minimum atomic E-state index is 0.00359. The van der Waals surface area contributed by atoms with Gasteiger partial charge in [0.2, 0.25) is 0 Å². The average Bonchev–Trinajstić information content (AvgIpc) is 3.89. The molecule has 2 aromatic heterocycles. The van der Waals surface area contributed by atoms with E-state index in [9.17, 15) is 0 Å². The molecule has 0 saturated heterocycles. The second kappa shape index (κ2) is 11.5. The van der Waals surface area contributed by atoms with E-state index in [0.717, 1.165) is 51.2 Å². The molecule has 6 aromatic carbocycles. The number of hydrogen-bond donors (Lipinski definition) is 0. The Morgan fingerprint density at radius 1 is 0.596 bits per heavy atom. The molecule has 3 heterocycles. The number of benzene rings is 6. The third-order valence-electron chi connectivity index (χ3n) is 11.1. The van der Waals surface area contributed by atoms with Crippen LogP contribution in [-0.2, 0) is 0 Å². The number of fused-ring (bicyclic) bond motifs is 9. The van der Waals surface area contributed by atoms with Crippen LogP contribution >= 0.6 is 0 Å². The largest absolute Gasteiger partial charge is 0.483 e. The lowest BCUT2D eigenvalue weighted by molar-refractivity contribution is 0.269. The van der Waals surface area contributed by atoms with Crippen molar-refractivity contribution in [2.75, 3.05) is 4.90 Å². The molecule has 3 unspecified atom stereocenters. The van der Waals surface area contributed by atoms with E-state index in [0.29, 0.717) is 0 Å². The number of hydrogen-bond acceptors (Lipinski definition) is 3. The van der Waals surface area contributed by atoms with E-state index in [4.69, 9.17) is 9.15 Å². The first-order valence-corrected chi connectivity index (χ1v) is 18.1. The van der Waals surface area contributed by atoms with Crippen molar-refractivity contribution in [2.24, 2.45) is 0 Å². The number of anilines is 2. The Balaban J connectivity index is 0.980. The topological polar surface area (TPSA) is 30.5 Å². The third-order valence-corrected chi connectivity index (χ3v) is 11.1. The predicted octanol–water partition coefficient (Wildman–Crippen LogP) is 12.2. The van der Waals surface area contributed by atoms with E-state index in [2.05, 4.69) is 179 Å². The van der Waals surface area contributed by atoms with Gasteiger partial charge in [0.05, 0.1) is 28.5 Å². The minimum Gasteiger partial charge on any atom is -0.483 e. The van der Waals surface area contributed by atoms with Crippen molar-refractivity contribution in [2.45, 2.75) is 24.5 Å². The summed E-state index contributed by atoms with van der Waals surface area (Å²) in [5.41, 5.74) is 11.1. The first-order valence-electron chi connectivity index (χ1n) is 18.1. The second-order valence-corrected chi connectivity index (χ2v) is 13.9. The predicted molar refractivity (Wildman–Crippen MR) is 214 cm³/mol. The second-order valence-electron chi connectivity index (χ2n) is 13.9. The van der Waals surface area contributed by atoms with Gasteiger partial charge in [0.15, 0.2) is 5.58 Å². The van der Waals surface area contributed by atoms with Crippen molar-refractivity contribution in [1.29, 1.82) is 0 Å². The van der Waals surface area contributed by atoms with Gasteiger partial charge in [-0.2, -0.15) is 0 Å². The van der Waals surface area contributed by atoms with Gasteiger partial charge < -0.3 is 18.6 Å². The summed E-state index contributed by atoms with van der Waals surface area (Å²) in [4.78, 5) is 2.43. The van der Waals surface area contributed by atoms with Crippen molar-refractivity contribution in [3.63, 3.8) is 0 Å². The fraction of sp³-hybridized carbons (Fsp3) is 0.0833. The Kier molecular flexibility index (Phi) is 6.47. The molecule has 0 N–H and O–H groups in total. The molecule has 0 radical (unpaired) electrons. The Morgan fingerprint density at radius 3 is 2.08 bits per heavy atom. The third kappa shape index (κ3) is 4.40. The van der Waals surface area contributed by atoms with Crippen LogP contribution in [0.4, 0.5) is 11.4 Å². The summed E-state index contributed by atoms with van der Waals surface area (Å²) < 4.78 is 15.7. The van der Waals surface area contributed by atoms with E-state index in [1.54, 1.807) is 0 Å². The van der Waals surface area contributed by atoms with Gasteiger partial charge in [-0.25, -0.2) is 0 Å². The summed E-state index contributed by atoms with van der Waals surface area (Å²) in [7, 11) is 0. The summed E-state index contributed by atoms with van der Waals surface area (Å²) in [5.74, 6) is 1.16. The first kappa shape index (κ1) is 29.2. The molecule has 0 saturated carbocycles. The Morgan fingerprint density at radius 2 is 1.29 bits per heavy atom. The molecule has 3 atom stereocenters. The number of aromatic nitrogens is 1. The maximum absolute atomic E-state index is 6.74. The fourth-order valence-corrected chi connectivity index (χ4v) is 8.67.